The fraction of sp³-hybridized carbons (Fsp3) is 0.889. The summed E-state index contributed by atoms with van der Waals surface area (Å²) >= 11 is 0. The zero-order valence-electron chi connectivity index (χ0n) is 8.35. The van der Waals surface area contributed by atoms with Gasteiger partial charge >= 0.3 is 0 Å². The number of Topliss-reactive ketones (excluding diaryl/α,β-unsaturated/α-hetero) is 1. The number of nitrogens with one attached hydrogen (secondary N) is 1. The summed E-state index contributed by atoms with van der Waals surface area (Å²) in [5.41, 5.74) is -0.739. The molecule has 0 atom stereocenters. The molecule has 0 saturated carbocycles. The maximum Gasteiger partial charge on any atom is 0.149 e. The van der Waals surface area contributed by atoms with E-state index in [-0.39, 0.29) is 11.7 Å². The molecule has 0 unspecified atom stereocenters. The first kappa shape index (κ1) is 11.6. The fourth-order valence-corrected chi connectivity index (χ4v) is 0.696. The molecule has 0 spiro atoms. The van der Waals surface area contributed by atoms with Gasteiger partial charge < -0.3 is 10.4 Å². The fourth-order valence-electron chi connectivity index (χ4n) is 0.696. The zero-order valence-corrected chi connectivity index (χ0v) is 8.35. The molecule has 0 radical (unpaired) electrons. The lowest BCUT2D eigenvalue weighted by Gasteiger charge is -2.17. The van der Waals surface area contributed by atoms with Crippen molar-refractivity contribution < 1.29 is 9.90 Å². The third-order valence-corrected chi connectivity index (χ3v) is 1.50. The highest BCUT2D eigenvalue weighted by molar-refractivity contribution is 5.82. The van der Waals surface area contributed by atoms with Gasteiger partial charge in [0.1, 0.15) is 5.78 Å². The van der Waals surface area contributed by atoms with Gasteiger partial charge in [0, 0.05) is 12.5 Å². The summed E-state index contributed by atoms with van der Waals surface area (Å²) in [5, 5.41) is 12.2. The molecule has 0 bridgehead atoms. The van der Waals surface area contributed by atoms with Crippen LogP contribution in [-0.2, 0) is 4.79 Å². The topological polar surface area (TPSA) is 49.3 Å². The summed E-state index contributed by atoms with van der Waals surface area (Å²) in [5.74, 6) is 0.249. The van der Waals surface area contributed by atoms with E-state index in [1.165, 1.54) is 0 Å². The van der Waals surface area contributed by atoms with Gasteiger partial charge in [-0.1, -0.05) is 13.8 Å². The minimum Gasteiger partial charge on any atom is -0.389 e. The number of aliphatic hydroxyl groups is 1. The maximum atomic E-state index is 11.1. The van der Waals surface area contributed by atoms with Gasteiger partial charge in [-0.2, -0.15) is 0 Å². The maximum absolute atomic E-state index is 11.1. The molecule has 72 valence electrons. The highest BCUT2D eigenvalue weighted by Crippen LogP contribution is 1.97. The van der Waals surface area contributed by atoms with Crippen LogP contribution in [0.1, 0.15) is 27.7 Å². The average Bonchev–Trinajstić information content (AvgIpc) is 1.84. The average molecular weight is 173 g/mol. The summed E-state index contributed by atoms with van der Waals surface area (Å²) < 4.78 is 0. The van der Waals surface area contributed by atoms with E-state index in [9.17, 15) is 9.90 Å². The van der Waals surface area contributed by atoms with Gasteiger partial charge in [0.15, 0.2) is 0 Å². The molecule has 0 fully saturated rings. The summed E-state index contributed by atoms with van der Waals surface area (Å²) in [7, 11) is 0. The first-order chi connectivity index (χ1) is 5.33. The largest absolute Gasteiger partial charge is 0.389 e. The SMILES string of the molecule is CC(C)C(=O)CNCC(C)(C)O. The van der Waals surface area contributed by atoms with Crippen molar-refractivity contribution in [1.82, 2.24) is 5.32 Å². The number of ketones is 1. The lowest BCUT2D eigenvalue weighted by molar-refractivity contribution is -0.121. The van der Waals surface area contributed by atoms with Gasteiger partial charge in [0.05, 0.1) is 12.1 Å². The molecule has 0 aliphatic heterocycles. The van der Waals surface area contributed by atoms with Crippen molar-refractivity contribution >= 4 is 5.78 Å². The molecule has 0 heterocycles. The molecule has 0 aliphatic rings. The molecule has 2 N–H and O–H groups in total. The predicted octanol–water partition coefficient (Wildman–Crippen LogP) is 0.572. The van der Waals surface area contributed by atoms with Crippen LogP contribution in [0.25, 0.3) is 0 Å². The molecular formula is C9H19NO2. The molecule has 12 heavy (non-hydrogen) atoms. The van der Waals surface area contributed by atoms with Gasteiger partial charge in [0.2, 0.25) is 0 Å². The van der Waals surface area contributed by atoms with E-state index in [2.05, 4.69) is 5.32 Å². The Kier molecular flexibility index (Phi) is 4.42. The minimum atomic E-state index is -0.739. The first-order valence-corrected chi connectivity index (χ1v) is 4.29. The quantitative estimate of drug-likeness (QED) is 0.639. The first-order valence-electron chi connectivity index (χ1n) is 4.29. The lowest BCUT2D eigenvalue weighted by Crippen LogP contribution is -2.38. The summed E-state index contributed by atoms with van der Waals surface area (Å²) in [6, 6.07) is 0. The van der Waals surface area contributed by atoms with E-state index in [0.717, 1.165) is 0 Å². The Balaban J connectivity index is 3.51. The van der Waals surface area contributed by atoms with Crippen LogP contribution in [0.2, 0.25) is 0 Å². The van der Waals surface area contributed by atoms with Crippen LogP contribution in [-0.4, -0.2) is 29.6 Å². The van der Waals surface area contributed by atoms with Crippen LogP contribution in [0.4, 0.5) is 0 Å². The van der Waals surface area contributed by atoms with Crippen molar-refractivity contribution in [2.45, 2.75) is 33.3 Å². The molecule has 0 amide bonds. The second kappa shape index (κ2) is 4.58. The molecule has 0 aromatic rings. The van der Waals surface area contributed by atoms with Crippen molar-refractivity contribution in [1.29, 1.82) is 0 Å². The highest BCUT2D eigenvalue weighted by atomic mass is 16.3. The third-order valence-electron chi connectivity index (χ3n) is 1.50. The van der Waals surface area contributed by atoms with Crippen LogP contribution in [0, 0.1) is 5.92 Å². The Morgan fingerprint density at radius 2 is 2.00 bits per heavy atom. The standard InChI is InChI=1S/C9H19NO2/c1-7(2)8(11)5-10-6-9(3,4)12/h7,10,12H,5-6H2,1-4H3. The Morgan fingerprint density at radius 1 is 1.50 bits per heavy atom. The summed E-state index contributed by atoms with van der Waals surface area (Å²) in [6.07, 6.45) is 0. The predicted molar refractivity (Wildman–Crippen MR) is 49.0 cm³/mol. The Hall–Kier alpha value is -0.410. The number of rotatable bonds is 5. The third kappa shape index (κ3) is 6.31. The molecular weight excluding hydrogens is 154 g/mol. The van der Waals surface area contributed by atoms with Gasteiger partial charge in [-0.3, -0.25) is 4.79 Å². The molecule has 3 nitrogen and oxygen atoms in total. The smallest absolute Gasteiger partial charge is 0.149 e. The Morgan fingerprint density at radius 3 is 2.33 bits per heavy atom. The van der Waals surface area contributed by atoms with E-state index in [4.69, 9.17) is 0 Å². The molecule has 0 saturated heterocycles. The lowest BCUT2D eigenvalue weighted by atomic mass is 10.1. The van der Waals surface area contributed by atoms with Gasteiger partial charge in [-0.25, -0.2) is 0 Å². The van der Waals surface area contributed by atoms with E-state index < -0.39 is 5.60 Å². The van der Waals surface area contributed by atoms with Crippen molar-refractivity contribution in [3.8, 4) is 0 Å². The number of hydrogen-bond acceptors (Lipinski definition) is 3. The van der Waals surface area contributed by atoms with Crippen molar-refractivity contribution in [2.75, 3.05) is 13.1 Å². The Bertz CT molecular complexity index is 147. The molecule has 0 aromatic heterocycles. The molecule has 0 rings (SSSR count). The summed E-state index contributed by atoms with van der Waals surface area (Å²) in [4.78, 5) is 11.1. The van der Waals surface area contributed by atoms with E-state index in [0.29, 0.717) is 13.1 Å². The second-order valence-corrected chi connectivity index (χ2v) is 4.04. The van der Waals surface area contributed by atoms with Crippen LogP contribution in [0.3, 0.4) is 0 Å². The van der Waals surface area contributed by atoms with Crippen molar-refractivity contribution in [3.63, 3.8) is 0 Å². The van der Waals surface area contributed by atoms with Gasteiger partial charge in [-0.05, 0) is 13.8 Å². The van der Waals surface area contributed by atoms with Crippen LogP contribution in [0.15, 0.2) is 0 Å². The highest BCUT2D eigenvalue weighted by Gasteiger charge is 2.13. The van der Waals surface area contributed by atoms with Gasteiger partial charge in [-0.15, -0.1) is 0 Å². The monoisotopic (exact) mass is 173 g/mol. The van der Waals surface area contributed by atoms with Crippen molar-refractivity contribution in [2.24, 2.45) is 5.92 Å². The molecule has 3 heteroatoms. The van der Waals surface area contributed by atoms with Gasteiger partial charge in [0.25, 0.3) is 0 Å². The number of hydrogen-bond donors (Lipinski definition) is 2. The van der Waals surface area contributed by atoms with Crippen LogP contribution in [0.5, 0.6) is 0 Å². The summed E-state index contributed by atoms with van der Waals surface area (Å²) in [6.45, 7) is 7.95. The number of carbonyl (C=O) groups excluding carboxylic acids is 1. The van der Waals surface area contributed by atoms with E-state index in [1.54, 1.807) is 13.8 Å². The van der Waals surface area contributed by atoms with Crippen molar-refractivity contribution in [3.05, 3.63) is 0 Å². The minimum absolute atomic E-state index is 0.0688. The zero-order chi connectivity index (χ0) is 9.78. The Labute approximate surface area is 74.2 Å². The van der Waals surface area contributed by atoms with E-state index >= 15 is 0 Å². The van der Waals surface area contributed by atoms with Crippen LogP contribution < -0.4 is 5.32 Å². The molecule has 0 aliphatic carbocycles. The molecule has 0 aromatic carbocycles. The second-order valence-electron chi connectivity index (χ2n) is 4.04. The number of carbonyl (C=O) groups is 1. The van der Waals surface area contributed by atoms with E-state index in [1.807, 2.05) is 13.8 Å². The normalized spacial score (nSPS) is 12.2. The van der Waals surface area contributed by atoms with Crippen LogP contribution >= 0.6 is 0 Å².